The zero-order valence-electron chi connectivity index (χ0n) is 16.9. The van der Waals surface area contributed by atoms with Crippen molar-refractivity contribution in [2.24, 2.45) is 0 Å². The summed E-state index contributed by atoms with van der Waals surface area (Å²) in [6.07, 6.45) is 8.44. The van der Waals surface area contributed by atoms with Crippen LogP contribution in [0.15, 0.2) is 47.4 Å². The van der Waals surface area contributed by atoms with E-state index >= 15 is 0 Å². The summed E-state index contributed by atoms with van der Waals surface area (Å²) in [5.74, 6) is -0.428. The molecule has 1 aromatic carbocycles. The zero-order valence-corrected chi connectivity index (χ0v) is 16.9. The van der Waals surface area contributed by atoms with Crippen molar-refractivity contribution in [1.29, 1.82) is 0 Å². The van der Waals surface area contributed by atoms with Gasteiger partial charge in [0, 0.05) is 25.4 Å². The summed E-state index contributed by atoms with van der Waals surface area (Å²) in [7, 11) is 1.77. The molecule has 0 saturated carbocycles. The number of aryl methyl sites for hydroxylation is 1. The van der Waals surface area contributed by atoms with Crippen molar-refractivity contribution in [3.8, 4) is 0 Å². The van der Waals surface area contributed by atoms with Crippen LogP contribution in [0.1, 0.15) is 58.4 Å². The van der Waals surface area contributed by atoms with Crippen LogP contribution < -0.4 is 5.56 Å². The lowest BCUT2D eigenvalue weighted by molar-refractivity contribution is 0.0713. The largest absolute Gasteiger partial charge is 0.335 e. The molecule has 5 heteroatoms. The zero-order chi connectivity index (χ0) is 20.7. The molecular weight excluding hydrogens is 367 g/mol. The van der Waals surface area contributed by atoms with E-state index in [0.29, 0.717) is 24.1 Å². The summed E-state index contributed by atoms with van der Waals surface area (Å²) >= 11 is 0. The van der Waals surface area contributed by atoms with Gasteiger partial charge in [-0.25, -0.2) is 4.39 Å². The number of allylic oxidation sites excluding steroid dienone is 2. The minimum absolute atomic E-state index is 0.0720. The minimum Gasteiger partial charge on any atom is -0.335 e. The normalized spacial score (nSPS) is 17.3. The molecule has 2 aliphatic rings. The van der Waals surface area contributed by atoms with Gasteiger partial charge < -0.3 is 9.47 Å². The molecule has 150 valence electrons. The highest BCUT2D eigenvalue weighted by atomic mass is 19.1. The van der Waals surface area contributed by atoms with Crippen LogP contribution in [0.3, 0.4) is 0 Å². The van der Waals surface area contributed by atoms with Crippen molar-refractivity contribution in [2.45, 2.75) is 45.2 Å². The van der Waals surface area contributed by atoms with Crippen LogP contribution in [0.4, 0.5) is 4.39 Å². The topological polar surface area (TPSA) is 42.3 Å². The van der Waals surface area contributed by atoms with Crippen LogP contribution in [0.5, 0.6) is 0 Å². The van der Waals surface area contributed by atoms with E-state index in [1.165, 1.54) is 6.07 Å². The van der Waals surface area contributed by atoms with Crippen LogP contribution >= 0.6 is 0 Å². The monoisotopic (exact) mass is 392 g/mol. The number of carbonyl (C=O) groups excluding carboxylic acids is 1. The van der Waals surface area contributed by atoms with Crippen molar-refractivity contribution in [3.05, 3.63) is 86.6 Å². The van der Waals surface area contributed by atoms with E-state index in [4.69, 9.17) is 0 Å². The van der Waals surface area contributed by atoms with E-state index in [1.807, 2.05) is 19.1 Å². The lowest BCUT2D eigenvalue weighted by Gasteiger charge is -2.33. The molecule has 29 heavy (non-hydrogen) atoms. The van der Waals surface area contributed by atoms with Gasteiger partial charge in [0.1, 0.15) is 5.82 Å². The van der Waals surface area contributed by atoms with Gasteiger partial charge >= 0.3 is 0 Å². The molecule has 4 nitrogen and oxygen atoms in total. The van der Waals surface area contributed by atoms with Gasteiger partial charge in [0.25, 0.3) is 11.5 Å². The van der Waals surface area contributed by atoms with Crippen molar-refractivity contribution in [2.75, 3.05) is 7.05 Å². The molecule has 4 rings (SSSR count). The van der Waals surface area contributed by atoms with Crippen molar-refractivity contribution in [3.63, 3.8) is 0 Å². The Balaban J connectivity index is 1.77. The Labute approximate surface area is 170 Å². The highest BCUT2D eigenvalue weighted by molar-refractivity contribution is 5.99. The highest BCUT2D eigenvalue weighted by Gasteiger charge is 2.31. The summed E-state index contributed by atoms with van der Waals surface area (Å²) in [4.78, 5) is 28.0. The second-order valence-electron chi connectivity index (χ2n) is 8.02. The fourth-order valence-corrected chi connectivity index (χ4v) is 4.57. The first-order chi connectivity index (χ1) is 13.9. The van der Waals surface area contributed by atoms with Crippen molar-refractivity contribution < 1.29 is 9.18 Å². The molecule has 0 spiro atoms. The van der Waals surface area contributed by atoms with E-state index in [2.05, 4.69) is 6.58 Å². The number of carbonyl (C=O) groups is 1. The smallest absolute Gasteiger partial charge is 0.256 e. The molecule has 0 bridgehead atoms. The first-order valence-corrected chi connectivity index (χ1v) is 10.0. The van der Waals surface area contributed by atoms with Gasteiger partial charge in [-0.3, -0.25) is 9.59 Å². The lowest BCUT2D eigenvalue weighted by atomic mass is 9.86. The Bertz CT molecular complexity index is 1100. The Morgan fingerprint density at radius 2 is 2.21 bits per heavy atom. The summed E-state index contributed by atoms with van der Waals surface area (Å²) in [6, 6.07) is 4.68. The fourth-order valence-electron chi connectivity index (χ4n) is 4.57. The van der Waals surface area contributed by atoms with E-state index in [0.717, 1.165) is 41.5 Å². The number of rotatable bonds is 4. The number of aromatic nitrogens is 1. The third-order valence-electron chi connectivity index (χ3n) is 6.00. The standard InChI is InChI=1S/C24H25FN2O2/c1-4-10-27-14-21(19-11-15(2)12-20(19)24(27)29)23(28)26(3)22-7-5-6-16-8-9-17(25)13-18(16)22/h4,8-9,11,13-14,22H,1,5-7,10,12H2,2-3H3. The van der Waals surface area contributed by atoms with Crippen LogP contribution in [0.2, 0.25) is 0 Å². The number of benzene rings is 1. The third kappa shape index (κ3) is 3.35. The van der Waals surface area contributed by atoms with E-state index in [1.54, 1.807) is 34.9 Å². The summed E-state index contributed by atoms with van der Waals surface area (Å²) in [5, 5.41) is 0. The Morgan fingerprint density at radius 1 is 1.41 bits per heavy atom. The minimum atomic E-state index is -0.282. The Kier molecular flexibility index (Phi) is 4.99. The molecule has 1 atom stereocenters. The number of nitrogens with zero attached hydrogens (tertiary/aromatic N) is 2. The van der Waals surface area contributed by atoms with E-state index < -0.39 is 0 Å². The first kappa shape index (κ1) is 19.4. The number of fused-ring (bicyclic) bond motifs is 2. The van der Waals surface area contributed by atoms with Gasteiger partial charge in [0.05, 0.1) is 11.6 Å². The second-order valence-corrected chi connectivity index (χ2v) is 8.02. The summed E-state index contributed by atoms with van der Waals surface area (Å²) < 4.78 is 15.5. The Morgan fingerprint density at radius 3 is 2.97 bits per heavy atom. The van der Waals surface area contributed by atoms with Gasteiger partial charge in [-0.1, -0.05) is 23.8 Å². The second kappa shape index (κ2) is 7.47. The lowest BCUT2D eigenvalue weighted by Crippen LogP contribution is -2.35. The summed E-state index contributed by atoms with van der Waals surface area (Å²) in [5.41, 5.74) is 4.88. The molecule has 2 aromatic rings. The van der Waals surface area contributed by atoms with Crippen LogP contribution in [-0.4, -0.2) is 22.4 Å². The quantitative estimate of drug-likeness (QED) is 0.729. The molecular formula is C24H25FN2O2. The van der Waals surface area contributed by atoms with Crippen LogP contribution in [0.25, 0.3) is 6.08 Å². The number of amides is 1. The molecule has 1 unspecified atom stereocenters. The average molecular weight is 392 g/mol. The maximum Gasteiger partial charge on any atom is 0.256 e. The molecule has 0 saturated heterocycles. The predicted octanol–water partition coefficient (Wildman–Crippen LogP) is 4.28. The number of pyridine rings is 1. The molecule has 2 aliphatic carbocycles. The molecule has 1 heterocycles. The maximum atomic E-state index is 13.9. The predicted molar refractivity (Wildman–Crippen MR) is 112 cm³/mol. The summed E-state index contributed by atoms with van der Waals surface area (Å²) in [6.45, 7) is 6.04. The molecule has 0 radical (unpaired) electrons. The fraction of sp³-hybridized carbons (Fsp3) is 0.333. The van der Waals surface area contributed by atoms with Crippen LogP contribution in [-0.2, 0) is 19.4 Å². The molecule has 0 aliphatic heterocycles. The van der Waals surface area contributed by atoms with Crippen LogP contribution in [0, 0.1) is 5.82 Å². The van der Waals surface area contributed by atoms with Crippen molar-refractivity contribution >= 4 is 12.0 Å². The Hall–Kier alpha value is -2.95. The van der Waals surface area contributed by atoms with Crippen molar-refractivity contribution in [1.82, 2.24) is 9.47 Å². The number of hydrogen-bond acceptors (Lipinski definition) is 2. The number of halogens is 1. The van der Waals surface area contributed by atoms with Gasteiger partial charge in [-0.05, 0) is 61.4 Å². The molecule has 1 aromatic heterocycles. The van der Waals surface area contributed by atoms with E-state index in [-0.39, 0.29) is 23.3 Å². The van der Waals surface area contributed by atoms with E-state index in [9.17, 15) is 14.0 Å². The highest BCUT2D eigenvalue weighted by Crippen LogP contribution is 2.35. The number of hydrogen-bond donors (Lipinski definition) is 0. The molecule has 0 fully saturated rings. The first-order valence-electron chi connectivity index (χ1n) is 10.0. The third-order valence-corrected chi connectivity index (χ3v) is 6.00. The van der Waals surface area contributed by atoms with Gasteiger partial charge in [0.15, 0.2) is 0 Å². The average Bonchev–Trinajstić information content (AvgIpc) is 3.10. The SMILES string of the molecule is C=CCn1cc(C(=O)N(C)C2CCCc3ccc(F)cc32)c2c(c1=O)CC(C)=C2. The maximum absolute atomic E-state index is 13.9. The van der Waals surface area contributed by atoms with Gasteiger partial charge in [-0.15, -0.1) is 6.58 Å². The van der Waals surface area contributed by atoms with Gasteiger partial charge in [-0.2, -0.15) is 0 Å². The van der Waals surface area contributed by atoms with Gasteiger partial charge in [0.2, 0.25) is 0 Å². The molecule has 1 amide bonds. The molecule has 0 N–H and O–H groups in total.